The van der Waals surface area contributed by atoms with Gasteiger partial charge in [-0.05, 0) is 18.8 Å². The van der Waals surface area contributed by atoms with E-state index in [2.05, 4.69) is 0 Å². The summed E-state index contributed by atoms with van der Waals surface area (Å²) in [6.45, 7) is 4.99. The maximum Gasteiger partial charge on any atom is 0.303 e. The van der Waals surface area contributed by atoms with Crippen molar-refractivity contribution in [3.63, 3.8) is 0 Å². The molecular weight excluding hydrogens is 220 g/mol. The summed E-state index contributed by atoms with van der Waals surface area (Å²) in [7, 11) is 0. The Balaban J connectivity index is 2.53. The Morgan fingerprint density at radius 1 is 1.41 bits per heavy atom. The summed E-state index contributed by atoms with van der Waals surface area (Å²) < 4.78 is 0. The SMILES string of the molecule is CC(C)C(=O)N1CC(N)CC(CCC(=O)O)C1. The molecule has 0 bridgehead atoms. The number of nitrogens with zero attached hydrogens (tertiary/aromatic N) is 1. The monoisotopic (exact) mass is 242 g/mol. The normalized spacial score (nSPS) is 25.1. The van der Waals surface area contributed by atoms with E-state index in [1.54, 1.807) is 4.90 Å². The van der Waals surface area contributed by atoms with Gasteiger partial charge in [0.05, 0.1) is 0 Å². The lowest BCUT2D eigenvalue weighted by Crippen LogP contribution is -2.50. The first kappa shape index (κ1) is 14.0. The number of hydrogen-bond acceptors (Lipinski definition) is 3. The van der Waals surface area contributed by atoms with Crippen molar-refractivity contribution in [1.82, 2.24) is 4.90 Å². The average molecular weight is 242 g/mol. The van der Waals surface area contributed by atoms with E-state index in [-0.39, 0.29) is 30.2 Å². The highest BCUT2D eigenvalue weighted by atomic mass is 16.4. The van der Waals surface area contributed by atoms with Crippen LogP contribution in [0.3, 0.4) is 0 Å². The lowest BCUT2D eigenvalue weighted by molar-refractivity contribution is -0.137. The Morgan fingerprint density at radius 3 is 2.59 bits per heavy atom. The fourth-order valence-electron chi connectivity index (χ4n) is 2.33. The van der Waals surface area contributed by atoms with Crippen LogP contribution >= 0.6 is 0 Å². The number of carboxylic acids is 1. The first-order chi connectivity index (χ1) is 7.90. The summed E-state index contributed by atoms with van der Waals surface area (Å²) in [6, 6.07) is -0.0229. The summed E-state index contributed by atoms with van der Waals surface area (Å²) in [5, 5.41) is 8.66. The van der Waals surface area contributed by atoms with Crippen LogP contribution in [-0.2, 0) is 9.59 Å². The molecule has 0 aromatic carbocycles. The molecule has 3 N–H and O–H groups in total. The highest BCUT2D eigenvalue weighted by Crippen LogP contribution is 2.21. The van der Waals surface area contributed by atoms with E-state index in [0.717, 1.165) is 6.42 Å². The number of rotatable bonds is 4. The Morgan fingerprint density at radius 2 is 2.06 bits per heavy atom. The van der Waals surface area contributed by atoms with Crippen LogP contribution in [0.1, 0.15) is 33.1 Å². The van der Waals surface area contributed by atoms with Gasteiger partial charge in [0.2, 0.25) is 5.91 Å². The van der Waals surface area contributed by atoms with Gasteiger partial charge in [0.15, 0.2) is 0 Å². The van der Waals surface area contributed by atoms with Gasteiger partial charge in [0.1, 0.15) is 0 Å². The van der Waals surface area contributed by atoms with Crippen LogP contribution < -0.4 is 5.73 Å². The lowest BCUT2D eigenvalue weighted by atomic mass is 9.90. The molecule has 2 unspecified atom stereocenters. The van der Waals surface area contributed by atoms with E-state index < -0.39 is 5.97 Å². The quantitative estimate of drug-likeness (QED) is 0.759. The molecule has 0 radical (unpaired) electrons. The summed E-state index contributed by atoms with van der Waals surface area (Å²) in [6.07, 6.45) is 1.57. The van der Waals surface area contributed by atoms with Crippen molar-refractivity contribution in [2.45, 2.75) is 39.2 Å². The number of hydrogen-bond donors (Lipinski definition) is 2. The molecule has 1 heterocycles. The second-order valence-electron chi connectivity index (χ2n) is 5.19. The molecule has 1 saturated heterocycles. The van der Waals surface area contributed by atoms with Gasteiger partial charge in [0, 0.05) is 31.5 Å². The van der Waals surface area contributed by atoms with Gasteiger partial charge in [-0.1, -0.05) is 13.8 Å². The number of piperidine rings is 1. The minimum atomic E-state index is -0.786. The van der Waals surface area contributed by atoms with Crippen LogP contribution in [0.5, 0.6) is 0 Å². The number of carbonyl (C=O) groups is 2. The van der Waals surface area contributed by atoms with Crippen molar-refractivity contribution in [3.8, 4) is 0 Å². The Kier molecular flexibility index (Phi) is 4.93. The number of likely N-dealkylation sites (tertiary alicyclic amines) is 1. The average Bonchev–Trinajstić information content (AvgIpc) is 2.24. The molecule has 0 saturated carbocycles. The van der Waals surface area contributed by atoms with Crippen molar-refractivity contribution in [3.05, 3.63) is 0 Å². The van der Waals surface area contributed by atoms with E-state index in [1.807, 2.05) is 13.8 Å². The minimum absolute atomic E-state index is 0.0229. The predicted octanol–water partition coefficient (Wildman–Crippen LogP) is 0.683. The number of carbonyl (C=O) groups excluding carboxylic acids is 1. The van der Waals surface area contributed by atoms with E-state index in [1.165, 1.54) is 0 Å². The second kappa shape index (κ2) is 6.00. The summed E-state index contributed by atoms with van der Waals surface area (Å²) in [5.41, 5.74) is 5.92. The second-order valence-corrected chi connectivity index (χ2v) is 5.19. The van der Waals surface area contributed by atoms with Gasteiger partial charge in [-0.3, -0.25) is 9.59 Å². The van der Waals surface area contributed by atoms with Crippen LogP contribution in [0.25, 0.3) is 0 Å². The Labute approximate surface area is 102 Å². The van der Waals surface area contributed by atoms with E-state index in [9.17, 15) is 9.59 Å². The summed E-state index contributed by atoms with van der Waals surface area (Å²) >= 11 is 0. The zero-order valence-corrected chi connectivity index (χ0v) is 10.6. The van der Waals surface area contributed by atoms with E-state index in [0.29, 0.717) is 19.5 Å². The third-order valence-corrected chi connectivity index (χ3v) is 3.14. The molecule has 0 aromatic rings. The first-order valence-electron chi connectivity index (χ1n) is 6.16. The molecule has 0 aliphatic carbocycles. The van der Waals surface area contributed by atoms with Crippen LogP contribution in [0.15, 0.2) is 0 Å². The zero-order chi connectivity index (χ0) is 13.0. The smallest absolute Gasteiger partial charge is 0.303 e. The van der Waals surface area contributed by atoms with Crippen molar-refractivity contribution < 1.29 is 14.7 Å². The van der Waals surface area contributed by atoms with Crippen LogP contribution in [0.4, 0.5) is 0 Å². The van der Waals surface area contributed by atoms with Crippen LogP contribution in [-0.4, -0.2) is 41.0 Å². The molecule has 0 spiro atoms. The molecule has 1 rings (SSSR count). The first-order valence-corrected chi connectivity index (χ1v) is 6.16. The lowest BCUT2D eigenvalue weighted by Gasteiger charge is -2.37. The maximum atomic E-state index is 11.9. The fraction of sp³-hybridized carbons (Fsp3) is 0.833. The molecule has 2 atom stereocenters. The molecule has 5 heteroatoms. The highest BCUT2D eigenvalue weighted by Gasteiger charge is 2.29. The summed E-state index contributed by atoms with van der Waals surface area (Å²) in [5.74, 6) is -0.482. The van der Waals surface area contributed by atoms with Gasteiger partial charge in [0.25, 0.3) is 0 Å². The van der Waals surface area contributed by atoms with Crippen molar-refractivity contribution in [2.75, 3.05) is 13.1 Å². The highest BCUT2D eigenvalue weighted by molar-refractivity contribution is 5.78. The van der Waals surface area contributed by atoms with Gasteiger partial charge in [-0.2, -0.15) is 0 Å². The van der Waals surface area contributed by atoms with Gasteiger partial charge < -0.3 is 15.7 Å². The molecule has 1 fully saturated rings. The fourth-order valence-corrected chi connectivity index (χ4v) is 2.33. The molecule has 17 heavy (non-hydrogen) atoms. The van der Waals surface area contributed by atoms with Crippen LogP contribution in [0, 0.1) is 11.8 Å². The Hall–Kier alpha value is -1.10. The number of nitrogens with two attached hydrogens (primary N) is 1. The predicted molar refractivity (Wildman–Crippen MR) is 64.4 cm³/mol. The maximum absolute atomic E-state index is 11.9. The minimum Gasteiger partial charge on any atom is -0.481 e. The molecular formula is C12H22N2O3. The number of amides is 1. The molecule has 1 aliphatic heterocycles. The summed E-state index contributed by atoms with van der Waals surface area (Å²) in [4.78, 5) is 24.2. The molecule has 98 valence electrons. The number of carboxylic acid groups (broad SMARTS) is 1. The van der Waals surface area contributed by atoms with E-state index in [4.69, 9.17) is 10.8 Å². The molecule has 5 nitrogen and oxygen atoms in total. The van der Waals surface area contributed by atoms with Crippen LogP contribution in [0.2, 0.25) is 0 Å². The third kappa shape index (κ3) is 4.34. The standard InChI is InChI=1S/C12H22N2O3/c1-8(2)12(17)14-6-9(3-4-11(15)16)5-10(13)7-14/h8-10H,3-7,13H2,1-2H3,(H,15,16). The molecule has 1 amide bonds. The van der Waals surface area contributed by atoms with Gasteiger partial charge in [-0.25, -0.2) is 0 Å². The third-order valence-electron chi connectivity index (χ3n) is 3.14. The van der Waals surface area contributed by atoms with Crippen molar-refractivity contribution in [2.24, 2.45) is 17.6 Å². The van der Waals surface area contributed by atoms with Crippen molar-refractivity contribution >= 4 is 11.9 Å². The molecule has 0 aromatic heterocycles. The van der Waals surface area contributed by atoms with Gasteiger partial charge >= 0.3 is 5.97 Å². The zero-order valence-electron chi connectivity index (χ0n) is 10.6. The van der Waals surface area contributed by atoms with E-state index >= 15 is 0 Å². The van der Waals surface area contributed by atoms with Gasteiger partial charge in [-0.15, -0.1) is 0 Å². The largest absolute Gasteiger partial charge is 0.481 e. The Bertz CT molecular complexity index is 291. The topological polar surface area (TPSA) is 83.6 Å². The number of aliphatic carboxylic acids is 1. The van der Waals surface area contributed by atoms with Crippen molar-refractivity contribution in [1.29, 1.82) is 0 Å². The molecule has 1 aliphatic rings.